The highest BCUT2D eigenvalue weighted by Gasteiger charge is 2.23. The molecule has 1 aliphatic heterocycles. The zero-order valence-corrected chi connectivity index (χ0v) is 26.2. The third-order valence-corrected chi connectivity index (χ3v) is 5.66. The molecule has 232 valence electrons. The van der Waals surface area contributed by atoms with E-state index < -0.39 is 36.0 Å². The Morgan fingerprint density at radius 3 is 2.48 bits per heavy atom. The summed E-state index contributed by atoms with van der Waals surface area (Å²) in [6, 6.07) is -0.817. The van der Waals surface area contributed by atoms with Gasteiger partial charge >= 0.3 is 12.1 Å². The second kappa shape index (κ2) is 21.7. The fourth-order valence-corrected chi connectivity index (χ4v) is 3.46. The van der Waals surface area contributed by atoms with Crippen LogP contribution >= 0.6 is 11.6 Å². The summed E-state index contributed by atoms with van der Waals surface area (Å²) in [7, 11) is 1.42. The Balaban J connectivity index is 0.00000821. The lowest BCUT2D eigenvalue weighted by molar-refractivity contribution is -0.149. The average molecular weight is 606 g/mol. The van der Waals surface area contributed by atoms with Gasteiger partial charge in [0.25, 0.3) is 5.91 Å². The van der Waals surface area contributed by atoms with E-state index in [0.717, 1.165) is 5.57 Å². The molecule has 4 N–H and O–H groups in total. The third-order valence-electron chi connectivity index (χ3n) is 5.50. The van der Waals surface area contributed by atoms with Crippen molar-refractivity contribution in [1.82, 2.24) is 10.6 Å². The molecule has 0 aliphatic carbocycles. The number of allylic oxidation sites excluding steroid dienone is 4. The predicted octanol–water partition coefficient (Wildman–Crippen LogP) is 4.91. The second-order valence-electron chi connectivity index (χ2n) is 9.25. The van der Waals surface area contributed by atoms with Gasteiger partial charge in [-0.25, -0.2) is 9.59 Å². The minimum atomic E-state index is -0.904. The lowest BCUT2D eigenvalue weighted by Crippen LogP contribution is -2.48. The summed E-state index contributed by atoms with van der Waals surface area (Å²) in [6.45, 7) is 11.2. The van der Waals surface area contributed by atoms with Crippen LogP contribution in [0.3, 0.4) is 0 Å². The standard InChI is InChI=1S/C29H38ClN3O7.C2H6/c1-19(2)26(27(35)32-18-8-10-22(40-29(31)37)15-13-21(4)30)33-25(34)11-7-6-9-20(3)12-14-23-16-17-24(38-5)28(36)39-23;1-2/h6,8-9,12-13,17-19,22-23,26H,10,14-16H2,1-5H3,(H2,31,37)(H,32,35)(H,33,34);1-2H3/b9-6-,18-8-,20-12+,21-13+;/t22?,23-,26?;/m1./s1. The number of cyclic esters (lactones) is 1. The van der Waals surface area contributed by atoms with E-state index in [0.29, 0.717) is 30.7 Å². The first-order valence-electron chi connectivity index (χ1n) is 13.8. The number of carbonyl (C=O) groups excluding carboxylic acids is 4. The summed E-state index contributed by atoms with van der Waals surface area (Å²) in [5.74, 6) is 3.61. The lowest BCUT2D eigenvalue weighted by atomic mass is 10.0. The molecule has 0 spiro atoms. The number of hydrogen-bond donors (Lipinski definition) is 3. The molecule has 42 heavy (non-hydrogen) atoms. The molecule has 11 heteroatoms. The van der Waals surface area contributed by atoms with Crippen LogP contribution in [0.4, 0.5) is 4.79 Å². The topological polar surface area (TPSA) is 146 Å². The van der Waals surface area contributed by atoms with Gasteiger partial charge in [0, 0.05) is 30.7 Å². The summed E-state index contributed by atoms with van der Waals surface area (Å²) in [4.78, 5) is 47.7. The molecule has 0 aromatic heterocycles. The Kier molecular flexibility index (Phi) is 19.7. The second-order valence-corrected chi connectivity index (χ2v) is 9.85. The van der Waals surface area contributed by atoms with Gasteiger partial charge in [0.2, 0.25) is 5.91 Å². The van der Waals surface area contributed by atoms with Gasteiger partial charge in [-0.3, -0.25) is 9.59 Å². The van der Waals surface area contributed by atoms with Crippen molar-refractivity contribution >= 4 is 35.5 Å². The van der Waals surface area contributed by atoms with Crippen molar-refractivity contribution in [1.29, 1.82) is 0 Å². The molecule has 1 rings (SSSR count). The lowest BCUT2D eigenvalue weighted by Gasteiger charge is -2.20. The zero-order valence-electron chi connectivity index (χ0n) is 25.5. The Labute approximate surface area is 254 Å². The Morgan fingerprint density at radius 1 is 1.21 bits per heavy atom. The van der Waals surface area contributed by atoms with E-state index in [2.05, 4.69) is 22.5 Å². The molecule has 0 saturated carbocycles. The van der Waals surface area contributed by atoms with Crippen LogP contribution < -0.4 is 16.4 Å². The van der Waals surface area contributed by atoms with Gasteiger partial charge in [0.1, 0.15) is 18.2 Å². The summed E-state index contributed by atoms with van der Waals surface area (Å²) in [6.07, 6.45) is 11.7. The van der Waals surface area contributed by atoms with Crippen molar-refractivity contribution in [3.63, 3.8) is 0 Å². The number of nitrogens with one attached hydrogen (secondary N) is 2. The van der Waals surface area contributed by atoms with Crippen molar-refractivity contribution in [2.45, 2.75) is 85.5 Å². The molecular formula is C31H44ClN3O7. The summed E-state index contributed by atoms with van der Waals surface area (Å²) < 4.78 is 15.3. The average Bonchev–Trinajstić information content (AvgIpc) is 2.94. The minimum Gasteiger partial charge on any atom is -0.490 e. The quantitative estimate of drug-likeness (QED) is 0.153. The predicted molar refractivity (Wildman–Crippen MR) is 164 cm³/mol. The van der Waals surface area contributed by atoms with Gasteiger partial charge in [-0.2, -0.15) is 0 Å². The first-order chi connectivity index (χ1) is 19.9. The minimum absolute atomic E-state index is 0.202. The maximum absolute atomic E-state index is 12.6. The number of carbonyl (C=O) groups is 4. The number of esters is 1. The van der Waals surface area contributed by atoms with Gasteiger partial charge in [0.15, 0.2) is 5.76 Å². The summed E-state index contributed by atoms with van der Waals surface area (Å²) in [5, 5.41) is 5.78. The highest BCUT2D eigenvalue weighted by molar-refractivity contribution is 6.29. The van der Waals surface area contributed by atoms with Crippen molar-refractivity contribution in [3.8, 4) is 11.8 Å². The molecular weight excluding hydrogens is 562 g/mol. The molecule has 1 heterocycles. The number of amides is 3. The molecule has 1 aliphatic rings. The molecule has 0 bridgehead atoms. The van der Waals surface area contributed by atoms with Crippen LogP contribution in [0.25, 0.3) is 0 Å². The normalized spacial score (nSPS) is 16.7. The number of nitrogens with two attached hydrogens (primary N) is 1. The van der Waals surface area contributed by atoms with E-state index in [9.17, 15) is 19.2 Å². The van der Waals surface area contributed by atoms with E-state index in [4.69, 9.17) is 31.5 Å². The van der Waals surface area contributed by atoms with Crippen molar-refractivity contribution < 1.29 is 33.4 Å². The van der Waals surface area contributed by atoms with Gasteiger partial charge in [-0.1, -0.05) is 75.1 Å². The molecule has 0 radical (unpaired) electrons. The Morgan fingerprint density at radius 2 is 1.90 bits per heavy atom. The smallest absolute Gasteiger partial charge is 0.404 e. The molecule has 2 unspecified atom stereocenters. The molecule has 0 aromatic carbocycles. The van der Waals surface area contributed by atoms with Crippen LogP contribution in [0, 0.1) is 17.8 Å². The SMILES string of the molecule is CC.COC1=CC[C@@H](C/C=C(C)/C=C\C#CC(=O)NC(C(=O)N/C=C\CC(C/C=C(\C)Cl)OC(N)=O)C(C)C)OC1=O. The fraction of sp³-hybridized carbons (Fsp3) is 0.484. The van der Waals surface area contributed by atoms with Crippen LogP contribution in [0.15, 0.2) is 59.0 Å². The first-order valence-corrected chi connectivity index (χ1v) is 14.1. The molecule has 0 saturated heterocycles. The van der Waals surface area contributed by atoms with Gasteiger partial charge in [0.05, 0.1) is 7.11 Å². The zero-order chi connectivity index (χ0) is 32.1. The molecule has 3 amide bonds. The molecule has 10 nitrogen and oxygen atoms in total. The van der Waals surface area contributed by atoms with Crippen LogP contribution in [0.5, 0.6) is 0 Å². The summed E-state index contributed by atoms with van der Waals surface area (Å²) >= 11 is 5.82. The maximum atomic E-state index is 12.6. The van der Waals surface area contributed by atoms with E-state index in [1.165, 1.54) is 19.4 Å². The molecule has 3 atom stereocenters. The first kappa shape index (κ1) is 38.0. The number of hydrogen-bond acceptors (Lipinski definition) is 7. The van der Waals surface area contributed by atoms with Gasteiger partial charge in [-0.05, 0) is 44.0 Å². The van der Waals surface area contributed by atoms with Crippen molar-refractivity contribution in [3.05, 3.63) is 59.0 Å². The number of rotatable bonds is 13. The highest BCUT2D eigenvalue weighted by atomic mass is 35.5. The Bertz CT molecular complexity index is 1120. The van der Waals surface area contributed by atoms with Crippen LogP contribution in [-0.2, 0) is 28.6 Å². The van der Waals surface area contributed by atoms with E-state index in [1.807, 2.05) is 26.8 Å². The maximum Gasteiger partial charge on any atom is 0.404 e. The number of halogens is 1. The van der Waals surface area contributed by atoms with Crippen LogP contribution in [0.2, 0.25) is 0 Å². The van der Waals surface area contributed by atoms with Crippen molar-refractivity contribution in [2.24, 2.45) is 11.7 Å². The van der Waals surface area contributed by atoms with Gasteiger partial charge in [-0.15, -0.1) is 0 Å². The van der Waals surface area contributed by atoms with Crippen molar-refractivity contribution in [2.75, 3.05) is 7.11 Å². The van der Waals surface area contributed by atoms with E-state index in [-0.39, 0.29) is 17.8 Å². The Hall–Kier alpha value is -3.97. The highest BCUT2D eigenvalue weighted by Crippen LogP contribution is 2.18. The van der Waals surface area contributed by atoms with E-state index >= 15 is 0 Å². The van der Waals surface area contributed by atoms with Gasteiger partial charge < -0.3 is 30.6 Å². The number of ether oxygens (including phenoxy) is 3. The van der Waals surface area contributed by atoms with Crippen LogP contribution in [-0.4, -0.2) is 49.2 Å². The monoisotopic (exact) mass is 605 g/mol. The van der Waals surface area contributed by atoms with E-state index in [1.54, 1.807) is 45.1 Å². The largest absolute Gasteiger partial charge is 0.490 e. The molecule has 0 aromatic rings. The van der Waals surface area contributed by atoms with Crippen LogP contribution in [0.1, 0.15) is 67.2 Å². The third kappa shape index (κ3) is 17.0. The number of methoxy groups -OCH3 is 1. The number of primary amides is 1. The molecule has 0 fully saturated rings. The fourth-order valence-electron chi connectivity index (χ4n) is 3.37. The summed E-state index contributed by atoms with van der Waals surface area (Å²) in [5.41, 5.74) is 5.98.